The van der Waals surface area contributed by atoms with E-state index in [4.69, 9.17) is 9.72 Å². The van der Waals surface area contributed by atoms with Gasteiger partial charge in [0.05, 0.1) is 17.1 Å². The van der Waals surface area contributed by atoms with Crippen molar-refractivity contribution in [1.82, 2.24) is 9.66 Å². The molecule has 1 aliphatic carbocycles. The number of carboxylic acid groups (broad SMARTS) is 1. The molecule has 178 valence electrons. The van der Waals surface area contributed by atoms with Crippen LogP contribution in [-0.2, 0) is 4.79 Å². The maximum absolute atomic E-state index is 13.4. The molecule has 1 atom stereocenters. The Morgan fingerprint density at radius 2 is 1.94 bits per heavy atom. The van der Waals surface area contributed by atoms with Crippen LogP contribution in [0.5, 0.6) is 5.75 Å². The molecule has 4 rings (SSSR count). The van der Waals surface area contributed by atoms with Crippen LogP contribution in [0.25, 0.3) is 10.9 Å². The molecule has 34 heavy (non-hydrogen) atoms. The van der Waals surface area contributed by atoms with Gasteiger partial charge >= 0.3 is 5.97 Å². The van der Waals surface area contributed by atoms with Crippen molar-refractivity contribution in [2.75, 3.05) is 19.0 Å². The van der Waals surface area contributed by atoms with Gasteiger partial charge in [0.25, 0.3) is 5.56 Å². The number of aromatic nitrogens is 2. The number of rotatable bonds is 7. The van der Waals surface area contributed by atoms with Gasteiger partial charge in [0.1, 0.15) is 11.6 Å². The van der Waals surface area contributed by atoms with E-state index in [1.807, 2.05) is 49.3 Å². The molecule has 1 N–H and O–H groups in total. The molecule has 1 fully saturated rings. The number of fused-ring (bicyclic) bond motifs is 1. The molecule has 1 saturated carbocycles. The third kappa shape index (κ3) is 4.95. The van der Waals surface area contributed by atoms with Crippen LogP contribution in [0.3, 0.4) is 0 Å². The Kier molecular flexibility index (Phi) is 6.95. The lowest BCUT2D eigenvalue weighted by Gasteiger charge is -2.23. The number of nitrogens with zero attached hydrogens (tertiary/aromatic N) is 4. The average molecular weight is 463 g/mol. The molecule has 0 amide bonds. The first-order valence-electron chi connectivity index (χ1n) is 11.6. The molecule has 0 radical (unpaired) electrons. The predicted octanol–water partition coefficient (Wildman–Crippen LogP) is 4.24. The van der Waals surface area contributed by atoms with Crippen LogP contribution in [-0.4, -0.2) is 47.1 Å². The molecule has 1 heterocycles. The van der Waals surface area contributed by atoms with Crippen molar-refractivity contribution in [3.63, 3.8) is 0 Å². The van der Waals surface area contributed by atoms with Gasteiger partial charge in [0.15, 0.2) is 6.10 Å². The summed E-state index contributed by atoms with van der Waals surface area (Å²) in [7, 11) is 3.79. The maximum atomic E-state index is 13.4. The van der Waals surface area contributed by atoms with Gasteiger partial charge in [-0.25, -0.2) is 9.78 Å². The van der Waals surface area contributed by atoms with Crippen molar-refractivity contribution in [3.8, 4) is 5.75 Å². The number of ether oxygens (including phenoxy) is 1. The first-order chi connectivity index (χ1) is 16.3. The summed E-state index contributed by atoms with van der Waals surface area (Å²) >= 11 is 0. The van der Waals surface area contributed by atoms with Gasteiger partial charge < -0.3 is 14.7 Å². The van der Waals surface area contributed by atoms with E-state index in [1.165, 1.54) is 18.0 Å². The summed E-state index contributed by atoms with van der Waals surface area (Å²) in [6, 6.07) is 12.8. The monoisotopic (exact) mass is 462 g/mol. The van der Waals surface area contributed by atoms with Gasteiger partial charge in [-0.2, -0.15) is 9.78 Å². The largest absolute Gasteiger partial charge is 0.479 e. The number of carboxylic acids is 1. The number of hydrogen-bond donors (Lipinski definition) is 1. The second kappa shape index (κ2) is 10.1. The number of benzene rings is 2. The second-order valence-corrected chi connectivity index (χ2v) is 8.90. The third-order valence-electron chi connectivity index (χ3n) is 6.23. The van der Waals surface area contributed by atoms with Crippen LogP contribution < -0.4 is 15.2 Å². The molecule has 3 aromatic rings. The number of anilines is 1. The van der Waals surface area contributed by atoms with Crippen molar-refractivity contribution < 1.29 is 14.6 Å². The van der Waals surface area contributed by atoms with E-state index < -0.39 is 12.1 Å². The Hall–Kier alpha value is -3.68. The van der Waals surface area contributed by atoms with Crippen LogP contribution >= 0.6 is 0 Å². The highest BCUT2D eigenvalue weighted by Crippen LogP contribution is 2.32. The lowest BCUT2D eigenvalue weighted by Crippen LogP contribution is -2.25. The minimum atomic E-state index is -1.06. The fraction of sp³-hybridized carbons (Fsp3) is 0.385. The van der Waals surface area contributed by atoms with Crippen molar-refractivity contribution in [2.24, 2.45) is 5.10 Å². The van der Waals surface area contributed by atoms with Crippen LogP contribution in [0.4, 0.5) is 5.69 Å². The molecule has 8 heteroatoms. The van der Waals surface area contributed by atoms with Gasteiger partial charge in [0.2, 0.25) is 0 Å². The molecule has 0 unspecified atom stereocenters. The van der Waals surface area contributed by atoms with Crippen LogP contribution in [0.15, 0.2) is 52.4 Å². The summed E-state index contributed by atoms with van der Waals surface area (Å²) in [5, 5.41) is 14.4. The van der Waals surface area contributed by atoms with E-state index in [1.54, 1.807) is 18.3 Å². The first-order valence-corrected chi connectivity index (χ1v) is 11.6. The summed E-state index contributed by atoms with van der Waals surface area (Å²) in [5.74, 6) is 0.159. The van der Waals surface area contributed by atoms with Crippen LogP contribution in [0.1, 0.15) is 56.3 Å². The van der Waals surface area contributed by atoms with Crippen molar-refractivity contribution in [2.45, 2.75) is 51.0 Å². The van der Waals surface area contributed by atoms with Gasteiger partial charge in [0, 0.05) is 37.3 Å². The Balaban J connectivity index is 1.81. The standard InChI is InChI=1S/C26H30N4O4/c1-17(26(32)33)34-23-15-20(29(2)3)14-13-19(23)16-27-30-24(18-9-5-4-6-10-18)28-22-12-8-7-11-21(22)25(30)31/h7-8,11-18H,4-6,9-10H2,1-3H3,(H,32,33)/t17-/m1/s1. The molecule has 0 bridgehead atoms. The molecule has 1 aromatic heterocycles. The lowest BCUT2D eigenvalue weighted by molar-refractivity contribution is -0.144. The zero-order chi connectivity index (χ0) is 24.2. The van der Waals surface area contributed by atoms with Crippen molar-refractivity contribution >= 4 is 28.8 Å². The zero-order valence-electron chi connectivity index (χ0n) is 19.8. The summed E-state index contributed by atoms with van der Waals surface area (Å²) in [6.07, 6.45) is 5.87. The predicted molar refractivity (Wildman–Crippen MR) is 133 cm³/mol. The number of hydrogen-bond acceptors (Lipinski definition) is 6. The van der Waals surface area contributed by atoms with E-state index in [0.717, 1.165) is 31.4 Å². The second-order valence-electron chi connectivity index (χ2n) is 8.90. The third-order valence-corrected chi connectivity index (χ3v) is 6.23. The van der Waals surface area contributed by atoms with Crippen LogP contribution in [0.2, 0.25) is 0 Å². The fourth-order valence-corrected chi connectivity index (χ4v) is 4.25. The van der Waals surface area contributed by atoms with E-state index in [-0.39, 0.29) is 11.5 Å². The molecular weight excluding hydrogens is 432 g/mol. The highest BCUT2D eigenvalue weighted by Gasteiger charge is 2.22. The first kappa shape index (κ1) is 23.5. The van der Waals surface area contributed by atoms with E-state index in [0.29, 0.717) is 28.0 Å². The molecule has 0 spiro atoms. The molecular formula is C26H30N4O4. The Bertz CT molecular complexity index is 1280. The highest BCUT2D eigenvalue weighted by molar-refractivity contribution is 5.85. The SMILES string of the molecule is C[C@@H](Oc1cc(N(C)C)ccc1C=Nn1c(C2CCCCC2)nc2ccccc2c1=O)C(=O)O. The minimum Gasteiger partial charge on any atom is -0.479 e. The molecule has 0 saturated heterocycles. The van der Waals surface area contributed by atoms with Gasteiger partial charge in [-0.1, -0.05) is 31.4 Å². The fourth-order valence-electron chi connectivity index (χ4n) is 4.25. The molecule has 0 aliphatic heterocycles. The minimum absolute atomic E-state index is 0.169. The quantitative estimate of drug-likeness (QED) is 0.528. The maximum Gasteiger partial charge on any atom is 0.344 e. The lowest BCUT2D eigenvalue weighted by atomic mass is 9.88. The smallest absolute Gasteiger partial charge is 0.344 e. The van der Waals surface area contributed by atoms with E-state index in [2.05, 4.69) is 5.10 Å². The topological polar surface area (TPSA) is 97.0 Å². The number of para-hydroxylation sites is 1. The van der Waals surface area contributed by atoms with Crippen molar-refractivity contribution in [3.05, 3.63) is 64.2 Å². The Morgan fingerprint density at radius 3 is 2.65 bits per heavy atom. The summed E-state index contributed by atoms with van der Waals surface area (Å²) in [6.45, 7) is 1.48. The molecule has 1 aliphatic rings. The molecule has 8 nitrogen and oxygen atoms in total. The van der Waals surface area contributed by atoms with E-state index in [9.17, 15) is 14.7 Å². The summed E-state index contributed by atoms with van der Waals surface area (Å²) < 4.78 is 7.12. The van der Waals surface area contributed by atoms with Gasteiger partial charge in [-0.05, 0) is 44.0 Å². The zero-order valence-corrected chi connectivity index (χ0v) is 19.8. The van der Waals surface area contributed by atoms with Gasteiger partial charge in [-0.15, -0.1) is 0 Å². The average Bonchev–Trinajstić information content (AvgIpc) is 2.84. The van der Waals surface area contributed by atoms with Crippen LogP contribution in [0, 0.1) is 0 Å². The Labute approximate surface area is 198 Å². The van der Waals surface area contributed by atoms with E-state index >= 15 is 0 Å². The highest BCUT2D eigenvalue weighted by atomic mass is 16.5. The summed E-state index contributed by atoms with van der Waals surface area (Å²) in [4.78, 5) is 31.5. The normalized spacial score (nSPS) is 15.5. The summed E-state index contributed by atoms with van der Waals surface area (Å²) in [5.41, 5.74) is 1.90. The molecule has 2 aromatic carbocycles. The Morgan fingerprint density at radius 1 is 1.21 bits per heavy atom. The number of aliphatic carboxylic acids is 1. The number of carbonyl (C=O) groups is 1. The van der Waals surface area contributed by atoms with Gasteiger partial charge in [-0.3, -0.25) is 4.79 Å². The van der Waals surface area contributed by atoms with Crippen molar-refractivity contribution in [1.29, 1.82) is 0 Å².